The lowest BCUT2D eigenvalue weighted by Gasteiger charge is -2.12. The summed E-state index contributed by atoms with van der Waals surface area (Å²) in [5, 5.41) is 11.5. The highest BCUT2D eigenvalue weighted by Gasteiger charge is 2.24. The van der Waals surface area contributed by atoms with E-state index in [1.54, 1.807) is 0 Å². The number of aliphatic hydroxyl groups excluding tert-OH is 1. The number of ketones is 1. The molecule has 0 bridgehead atoms. The van der Waals surface area contributed by atoms with Gasteiger partial charge in [-0.25, -0.2) is 0 Å². The van der Waals surface area contributed by atoms with E-state index in [4.69, 9.17) is 0 Å². The maximum absolute atomic E-state index is 11.0. The average molecular weight is 167 g/mol. The molecule has 0 fully saturated rings. The van der Waals surface area contributed by atoms with E-state index < -0.39 is 17.8 Å². The number of hydrogen-bond donors (Lipinski definition) is 2. The summed E-state index contributed by atoms with van der Waals surface area (Å²) < 4.78 is 0. The summed E-state index contributed by atoms with van der Waals surface area (Å²) >= 11 is 0. The van der Waals surface area contributed by atoms with Crippen LogP contribution in [0.1, 0.15) is 0 Å². The smallest absolute Gasteiger partial charge is 0.250 e. The molecule has 1 amide bonds. The molecule has 1 aliphatic carbocycles. The third-order valence-electron chi connectivity index (χ3n) is 1.59. The van der Waals surface area contributed by atoms with Crippen LogP contribution in [-0.2, 0) is 9.59 Å². The van der Waals surface area contributed by atoms with Crippen LogP contribution in [0.5, 0.6) is 0 Å². The summed E-state index contributed by atoms with van der Waals surface area (Å²) in [5.41, 5.74) is 0.0880. The molecule has 4 nitrogen and oxygen atoms in total. The van der Waals surface area contributed by atoms with E-state index in [0.717, 1.165) is 0 Å². The molecule has 2 N–H and O–H groups in total. The van der Waals surface area contributed by atoms with E-state index in [2.05, 4.69) is 5.32 Å². The van der Waals surface area contributed by atoms with Crippen molar-refractivity contribution in [3.63, 3.8) is 0 Å². The fourth-order valence-electron chi connectivity index (χ4n) is 0.926. The third kappa shape index (κ3) is 1.43. The van der Waals surface area contributed by atoms with Crippen LogP contribution >= 0.6 is 0 Å². The Kier molecular flexibility index (Phi) is 2.40. The monoisotopic (exact) mass is 167 g/mol. The van der Waals surface area contributed by atoms with E-state index >= 15 is 0 Å². The molecule has 4 heteroatoms. The number of aliphatic hydroxyl groups is 1. The van der Waals surface area contributed by atoms with E-state index in [9.17, 15) is 14.7 Å². The van der Waals surface area contributed by atoms with Crippen molar-refractivity contribution in [2.75, 3.05) is 7.05 Å². The molecule has 1 rings (SSSR count). The largest absolute Gasteiger partial charge is 0.380 e. The minimum absolute atomic E-state index is 0.0880. The second-order valence-electron chi connectivity index (χ2n) is 2.37. The Morgan fingerprint density at radius 1 is 1.67 bits per heavy atom. The minimum atomic E-state index is -1.31. The van der Waals surface area contributed by atoms with Crippen LogP contribution in [0.15, 0.2) is 23.8 Å². The van der Waals surface area contributed by atoms with Crippen LogP contribution in [-0.4, -0.2) is 29.9 Å². The Labute approximate surface area is 69.6 Å². The fourth-order valence-corrected chi connectivity index (χ4v) is 0.926. The molecule has 0 aromatic carbocycles. The molecule has 1 aliphatic rings. The number of rotatable bonds is 1. The Balaban J connectivity index is 2.90. The summed E-state index contributed by atoms with van der Waals surface area (Å²) in [4.78, 5) is 21.9. The van der Waals surface area contributed by atoms with Crippen LogP contribution in [0.4, 0.5) is 0 Å². The van der Waals surface area contributed by atoms with Gasteiger partial charge < -0.3 is 10.4 Å². The number of allylic oxidation sites excluding steroid dienone is 2. The lowest BCUT2D eigenvalue weighted by molar-refractivity contribution is -0.125. The first-order chi connectivity index (χ1) is 5.66. The van der Waals surface area contributed by atoms with E-state index in [1.165, 1.54) is 25.3 Å². The van der Waals surface area contributed by atoms with Gasteiger partial charge >= 0.3 is 0 Å². The van der Waals surface area contributed by atoms with Crippen molar-refractivity contribution in [2.45, 2.75) is 6.10 Å². The zero-order valence-corrected chi connectivity index (χ0v) is 6.57. The topological polar surface area (TPSA) is 66.4 Å². The van der Waals surface area contributed by atoms with Crippen molar-refractivity contribution < 1.29 is 14.7 Å². The van der Waals surface area contributed by atoms with Gasteiger partial charge in [0.2, 0.25) is 5.91 Å². The van der Waals surface area contributed by atoms with Gasteiger partial charge in [-0.1, -0.05) is 12.2 Å². The first kappa shape index (κ1) is 8.67. The Bertz CT molecular complexity index is 278. The molecular weight excluding hydrogens is 158 g/mol. The van der Waals surface area contributed by atoms with Gasteiger partial charge in [-0.15, -0.1) is 0 Å². The zero-order chi connectivity index (χ0) is 9.14. The van der Waals surface area contributed by atoms with Crippen molar-refractivity contribution in [1.82, 2.24) is 5.32 Å². The van der Waals surface area contributed by atoms with E-state index in [0.29, 0.717) is 0 Å². The molecule has 1 atom stereocenters. The zero-order valence-electron chi connectivity index (χ0n) is 6.57. The summed E-state index contributed by atoms with van der Waals surface area (Å²) in [6.45, 7) is 0. The van der Waals surface area contributed by atoms with E-state index in [1.807, 2.05) is 0 Å². The van der Waals surface area contributed by atoms with Crippen LogP contribution in [0.2, 0.25) is 0 Å². The van der Waals surface area contributed by atoms with Crippen molar-refractivity contribution in [3.05, 3.63) is 23.8 Å². The van der Waals surface area contributed by atoms with Crippen LogP contribution in [0.3, 0.4) is 0 Å². The SMILES string of the molecule is CNC(=O)C1=CC=CC(=O)C1O. The number of carbonyl (C=O) groups is 2. The predicted molar refractivity (Wildman–Crippen MR) is 42.3 cm³/mol. The van der Waals surface area contributed by atoms with Gasteiger partial charge in [-0.05, 0) is 6.08 Å². The first-order valence-electron chi connectivity index (χ1n) is 3.49. The molecule has 0 heterocycles. The number of nitrogens with one attached hydrogen (secondary N) is 1. The highest BCUT2D eigenvalue weighted by molar-refractivity contribution is 6.07. The Morgan fingerprint density at radius 3 is 2.92 bits per heavy atom. The van der Waals surface area contributed by atoms with Crippen LogP contribution < -0.4 is 5.32 Å². The first-order valence-corrected chi connectivity index (χ1v) is 3.49. The summed E-state index contributed by atoms with van der Waals surface area (Å²) in [6.07, 6.45) is 2.79. The average Bonchev–Trinajstić information content (AvgIpc) is 2.08. The molecule has 0 saturated carbocycles. The Morgan fingerprint density at radius 2 is 2.33 bits per heavy atom. The lowest BCUT2D eigenvalue weighted by atomic mass is 10.0. The second kappa shape index (κ2) is 3.32. The second-order valence-corrected chi connectivity index (χ2v) is 2.37. The normalized spacial score (nSPS) is 22.0. The molecule has 0 saturated heterocycles. The molecule has 0 aliphatic heterocycles. The van der Waals surface area contributed by atoms with Crippen LogP contribution in [0, 0.1) is 0 Å². The van der Waals surface area contributed by atoms with Gasteiger partial charge in [-0.3, -0.25) is 9.59 Å². The number of carbonyl (C=O) groups excluding carboxylic acids is 2. The lowest BCUT2D eigenvalue weighted by Crippen LogP contribution is -2.33. The molecule has 1 unspecified atom stereocenters. The summed E-state index contributed by atoms with van der Waals surface area (Å²) in [7, 11) is 1.44. The van der Waals surface area contributed by atoms with Gasteiger partial charge in [0.1, 0.15) is 6.10 Å². The quantitative estimate of drug-likeness (QED) is 0.535. The fraction of sp³-hybridized carbons (Fsp3) is 0.250. The number of amides is 1. The molecule has 0 aromatic heterocycles. The summed E-state index contributed by atoms with van der Waals surface area (Å²) in [5.74, 6) is -0.892. The molecule has 0 aromatic rings. The van der Waals surface area contributed by atoms with Gasteiger partial charge in [0.15, 0.2) is 5.78 Å². The standard InChI is InChI=1S/C8H9NO3/c1-9-8(12)5-3-2-4-6(10)7(5)11/h2-4,7,11H,1H3,(H,9,12). The molecular formula is C8H9NO3. The molecule has 0 spiro atoms. The van der Waals surface area contributed by atoms with Crippen molar-refractivity contribution >= 4 is 11.7 Å². The molecule has 64 valence electrons. The Hall–Kier alpha value is -1.42. The van der Waals surface area contributed by atoms with E-state index in [-0.39, 0.29) is 5.57 Å². The summed E-state index contributed by atoms with van der Waals surface area (Å²) in [6, 6.07) is 0. The van der Waals surface area contributed by atoms with Crippen molar-refractivity contribution in [1.29, 1.82) is 0 Å². The number of likely N-dealkylation sites (N-methyl/N-ethyl adjacent to an activating group) is 1. The van der Waals surface area contributed by atoms with Crippen molar-refractivity contribution in [2.24, 2.45) is 0 Å². The maximum Gasteiger partial charge on any atom is 0.250 e. The minimum Gasteiger partial charge on any atom is -0.380 e. The third-order valence-corrected chi connectivity index (χ3v) is 1.59. The van der Waals surface area contributed by atoms with Gasteiger partial charge in [0, 0.05) is 7.05 Å². The highest BCUT2D eigenvalue weighted by atomic mass is 16.3. The highest BCUT2D eigenvalue weighted by Crippen LogP contribution is 2.09. The predicted octanol–water partition coefficient (Wildman–Crippen LogP) is -0.841. The van der Waals surface area contributed by atoms with Crippen LogP contribution in [0.25, 0.3) is 0 Å². The molecule has 0 radical (unpaired) electrons. The van der Waals surface area contributed by atoms with Crippen molar-refractivity contribution in [3.8, 4) is 0 Å². The van der Waals surface area contributed by atoms with Gasteiger partial charge in [0.05, 0.1) is 5.57 Å². The number of hydrogen-bond acceptors (Lipinski definition) is 3. The molecule has 12 heavy (non-hydrogen) atoms. The van der Waals surface area contributed by atoms with Gasteiger partial charge in [0.25, 0.3) is 0 Å². The van der Waals surface area contributed by atoms with Gasteiger partial charge in [-0.2, -0.15) is 0 Å². The maximum atomic E-state index is 11.0.